The molecule has 2 unspecified atom stereocenters. The van der Waals surface area contributed by atoms with Crippen LogP contribution in [0, 0.1) is 0 Å². The summed E-state index contributed by atoms with van der Waals surface area (Å²) < 4.78 is 0. The van der Waals surface area contributed by atoms with Crippen molar-refractivity contribution in [1.29, 1.82) is 0 Å². The van der Waals surface area contributed by atoms with Gasteiger partial charge in [-0.3, -0.25) is 4.79 Å². The number of hydrogen-bond donors (Lipinski definition) is 1. The Morgan fingerprint density at radius 2 is 1.79 bits per heavy atom. The lowest BCUT2D eigenvalue weighted by Gasteiger charge is -2.39. The van der Waals surface area contributed by atoms with E-state index >= 15 is 0 Å². The van der Waals surface area contributed by atoms with Crippen molar-refractivity contribution in [3.63, 3.8) is 0 Å². The second-order valence-corrected chi connectivity index (χ2v) is 5.58. The lowest BCUT2D eigenvalue weighted by atomic mass is 9.95. The maximum atomic E-state index is 12.5. The van der Waals surface area contributed by atoms with Gasteiger partial charge in [0.15, 0.2) is 0 Å². The SMILES string of the molecule is CC1CCCC(C)N1C(=O)Cc1ccccc1CN. The fourth-order valence-corrected chi connectivity index (χ4v) is 3.10. The number of rotatable bonds is 3. The second kappa shape index (κ2) is 6.20. The van der Waals surface area contributed by atoms with Crippen LogP contribution in [-0.4, -0.2) is 22.9 Å². The van der Waals surface area contributed by atoms with Gasteiger partial charge in [-0.05, 0) is 44.2 Å². The fraction of sp³-hybridized carbons (Fsp3) is 0.562. The lowest BCUT2D eigenvalue weighted by Crippen LogP contribution is -2.48. The zero-order chi connectivity index (χ0) is 13.8. The number of likely N-dealkylation sites (tertiary alicyclic amines) is 1. The quantitative estimate of drug-likeness (QED) is 0.907. The summed E-state index contributed by atoms with van der Waals surface area (Å²) in [6, 6.07) is 8.70. The molecule has 1 aromatic rings. The average Bonchev–Trinajstić information content (AvgIpc) is 2.39. The molecule has 2 rings (SSSR count). The van der Waals surface area contributed by atoms with Crippen molar-refractivity contribution in [2.75, 3.05) is 0 Å². The molecule has 1 aliphatic heterocycles. The molecule has 2 N–H and O–H groups in total. The summed E-state index contributed by atoms with van der Waals surface area (Å²) in [7, 11) is 0. The minimum atomic E-state index is 0.237. The Morgan fingerprint density at radius 1 is 1.21 bits per heavy atom. The molecule has 0 aromatic heterocycles. The maximum Gasteiger partial charge on any atom is 0.227 e. The van der Waals surface area contributed by atoms with E-state index in [0.717, 1.165) is 24.0 Å². The fourth-order valence-electron chi connectivity index (χ4n) is 3.10. The summed E-state index contributed by atoms with van der Waals surface area (Å²) in [5, 5.41) is 0. The summed E-state index contributed by atoms with van der Waals surface area (Å²) in [6.07, 6.45) is 3.94. The summed E-state index contributed by atoms with van der Waals surface area (Å²) in [5.74, 6) is 0.237. The molecule has 1 aromatic carbocycles. The molecule has 3 heteroatoms. The number of piperidine rings is 1. The standard InChI is InChI=1S/C16H24N2O/c1-12-6-5-7-13(2)18(12)16(19)10-14-8-3-4-9-15(14)11-17/h3-4,8-9,12-13H,5-7,10-11,17H2,1-2H3. The highest BCUT2D eigenvalue weighted by molar-refractivity contribution is 5.79. The van der Waals surface area contributed by atoms with E-state index in [-0.39, 0.29) is 5.91 Å². The first kappa shape index (κ1) is 14.1. The van der Waals surface area contributed by atoms with E-state index in [1.165, 1.54) is 6.42 Å². The van der Waals surface area contributed by atoms with Crippen molar-refractivity contribution in [2.45, 2.75) is 58.2 Å². The van der Waals surface area contributed by atoms with Crippen molar-refractivity contribution in [3.8, 4) is 0 Å². The average molecular weight is 260 g/mol. The maximum absolute atomic E-state index is 12.5. The monoisotopic (exact) mass is 260 g/mol. The molecule has 1 amide bonds. The minimum Gasteiger partial charge on any atom is -0.337 e. The van der Waals surface area contributed by atoms with Gasteiger partial charge >= 0.3 is 0 Å². The number of amides is 1. The van der Waals surface area contributed by atoms with Gasteiger partial charge in [-0.15, -0.1) is 0 Å². The van der Waals surface area contributed by atoms with E-state index in [4.69, 9.17) is 5.73 Å². The molecule has 1 heterocycles. The van der Waals surface area contributed by atoms with Crippen LogP contribution in [0.3, 0.4) is 0 Å². The second-order valence-electron chi connectivity index (χ2n) is 5.58. The summed E-state index contributed by atoms with van der Waals surface area (Å²) >= 11 is 0. The molecule has 19 heavy (non-hydrogen) atoms. The molecular formula is C16H24N2O. The van der Waals surface area contributed by atoms with Crippen molar-refractivity contribution >= 4 is 5.91 Å². The van der Waals surface area contributed by atoms with Crippen molar-refractivity contribution < 1.29 is 4.79 Å². The van der Waals surface area contributed by atoms with Crippen LogP contribution in [0.4, 0.5) is 0 Å². The van der Waals surface area contributed by atoms with Gasteiger partial charge in [0.1, 0.15) is 0 Å². The predicted octanol–water partition coefficient (Wildman–Crippen LogP) is 2.48. The summed E-state index contributed by atoms with van der Waals surface area (Å²) in [6.45, 7) is 4.80. The van der Waals surface area contributed by atoms with Gasteiger partial charge < -0.3 is 10.6 Å². The zero-order valence-corrected chi connectivity index (χ0v) is 11.9. The number of hydrogen-bond acceptors (Lipinski definition) is 2. The number of nitrogens with two attached hydrogens (primary N) is 1. The molecule has 1 aliphatic rings. The Hall–Kier alpha value is -1.35. The van der Waals surface area contributed by atoms with E-state index in [0.29, 0.717) is 25.0 Å². The van der Waals surface area contributed by atoms with Crippen LogP contribution in [0.25, 0.3) is 0 Å². The normalized spacial score (nSPS) is 23.4. The Morgan fingerprint density at radius 3 is 2.37 bits per heavy atom. The molecule has 0 spiro atoms. The molecule has 3 nitrogen and oxygen atoms in total. The summed E-state index contributed by atoms with van der Waals surface area (Å²) in [4.78, 5) is 14.6. The first-order valence-electron chi connectivity index (χ1n) is 7.21. The number of benzene rings is 1. The third-order valence-corrected chi connectivity index (χ3v) is 4.16. The van der Waals surface area contributed by atoms with Gasteiger partial charge in [0, 0.05) is 18.6 Å². The first-order valence-corrected chi connectivity index (χ1v) is 7.21. The van der Waals surface area contributed by atoms with E-state index in [2.05, 4.69) is 18.7 Å². The Labute approximate surface area is 115 Å². The number of carbonyl (C=O) groups is 1. The lowest BCUT2D eigenvalue weighted by molar-refractivity contribution is -0.136. The van der Waals surface area contributed by atoms with Gasteiger partial charge in [0.25, 0.3) is 0 Å². The van der Waals surface area contributed by atoms with Gasteiger partial charge in [-0.1, -0.05) is 24.3 Å². The van der Waals surface area contributed by atoms with Gasteiger partial charge in [0.2, 0.25) is 5.91 Å². The smallest absolute Gasteiger partial charge is 0.227 e. The van der Waals surface area contributed by atoms with Crippen LogP contribution in [0.15, 0.2) is 24.3 Å². The predicted molar refractivity (Wildman–Crippen MR) is 77.7 cm³/mol. The van der Waals surface area contributed by atoms with Gasteiger partial charge in [-0.2, -0.15) is 0 Å². The van der Waals surface area contributed by atoms with Gasteiger partial charge in [-0.25, -0.2) is 0 Å². The number of nitrogens with zero attached hydrogens (tertiary/aromatic N) is 1. The minimum absolute atomic E-state index is 0.237. The van der Waals surface area contributed by atoms with Crippen LogP contribution < -0.4 is 5.73 Å². The molecule has 2 atom stereocenters. The molecule has 0 saturated carbocycles. The molecular weight excluding hydrogens is 236 g/mol. The number of carbonyl (C=O) groups excluding carboxylic acids is 1. The Bertz CT molecular complexity index is 434. The van der Waals surface area contributed by atoms with Crippen molar-refractivity contribution in [3.05, 3.63) is 35.4 Å². The van der Waals surface area contributed by atoms with Gasteiger partial charge in [0.05, 0.1) is 6.42 Å². The Kier molecular flexibility index (Phi) is 4.59. The van der Waals surface area contributed by atoms with E-state index < -0.39 is 0 Å². The molecule has 0 aliphatic carbocycles. The highest BCUT2D eigenvalue weighted by Gasteiger charge is 2.28. The topological polar surface area (TPSA) is 46.3 Å². The Balaban J connectivity index is 2.11. The first-order chi connectivity index (χ1) is 9.13. The van der Waals surface area contributed by atoms with Crippen molar-refractivity contribution in [1.82, 2.24) is 4.90 Å². The van der Waals surface area contributed by atoms with E-state index in [1.54, 1.807) is 0 Å². The van der Waals surface area contributed by atoms with Crippen LogP contribution in [0.5, 0.6) is 0 Å². The third-order valence-electron chi connectivity index (χ3n) is 4.16. The molecule has 1 fully saturated rings. The van der Waals surface area contributed by atoms with Crippen LogP contribution >= 0.6 is 0 Å². The van der Waals surface area contributed by atoms with E-state index in [9.17, 15) is 4.79 Å². The molecule has 0 bridgehead atoms. The molecule has 1 saturated heterocycles. The van der Waals surface area contributed by atoms with Crippen LogP contribution in [0.2, 0.25) is 0 Å². The van der Waals surface area contributed by atoms with Crippen molar-refractivity contribution in [2.24, 2.45) is 5.73 Å². The zero-order valence-electron chi connectivity index (χ0n) is 11.9. The summed E-state index contributed by atoms with van der Waals surface area (Å²) in [5.41, 5.74) is 7.88. The van der Waals surface area contributed by atoms with E-state index in [1.807, 2.05) is 24.3 Å². The van der Waals surface area contributed by atoms with Crippen LogP contribution in [-0.2, 0) is 17.8 Å². The molecule has 104 valence electrons. The largest absolute Gasteiger partial charge is 0.337 e. The highest BCUT2D eigenvalue weighted by atomic mass is 16.2. The van der Waals surface area contributed by atoms with Crippen LogP contribution in [0.1, 0.15) is 44.2 Å². The third kappa shape index (κ3) is 3.16. The highest BCUT2D eigenvalue weighted by Crippen LogP contribution is 2.23. The molecule has 0 radical (unpaired) electrons.